The Balaban J connectivity index is 1.12. The highest BCUT2D eigenvalue weighted by Crippen LogP contribution is 2.60. The normalized spacial score (nSPS) is 23.2. The monoisotopic (exact) mass is 670 g/mol. The van der Waals surface area contributed by atoms with E-state index in [1.165, 1.54) is 11.1 Å². The van der Waals surface area contributed by atoms with Crippen LogP contribution in [0.5, 0.6) is 23.0 Å². The molecule has 8 rings (SSSR count). The van der Waals surface area contributed by atoms with E-state index < -0.39 is 0 Å². The molecule has 2 saturated carbocycles. The van der Waals surface area contributed by atoms with Crippen LogP contribution in [0, 0.1) is 23.7 Å². The highest BCUT2D eigenvalue weighted by molar-refractivity contribution is 5.38. The predicted molar refractivity (Wildman–Crippen MR) is 205 cm³/mol. The summed E-state index contributed by atoms with van der Waals surface area (Å²) < 4.78 is 20.2. The van der Waals surface area contributed by atoms with E-state index in [1.807, 2.05) is 72.8 Å². The summed E-state index contributed by atoms with van der Waals surface area (Å²) in [5, 5.41) is 0. The van der Waals surface area contributed by atoms with E-state index in [0.29, 0.717) is 35.5 Å². The second-order valence-corrected chi connectivity index (χ2v) is 14.5. The van der Waals surface area contributed by atoms with Crippen molar-refractivity contribution in [3.63, 3.8) is 0 Å². The lowest BCUT2D eigenvalue weighted by atomic mass is 9.97. The molecule has 3 nitrogen and oxygen atoms in total. The highest BCUT2D eigenvalue weighted by Gasteiger charge is 2.50. The van der Waals surface area contributed by atoms with Crippen molar-refractivity contribution in [2.45, 2.75) is 50.7 Å². The van der Waals surface area contributed by atoms with Gasteiger partial charge in [-0.3, -0.25) is 0 Å². The fourth-order valence-electron chi connectivity index (χ4n) is 8.30. The quantitative estimate of drug-likeness (QED) is 0.115. The van der Waals surface area contributed by atoms with Crippen molar-refractivity contribution in [2.75, 3.05) is 0 Å². The zero-order valence-electron chi connectivity index (χ0n) is 29.4. The predicted octanol–water partition coefficient (Wildman–Crippen LogP) is 12.9. The Kier molecular flexibility index (Phi) is 9.73. The van der Waals surface area contributed by atoms with Crippen molar-refractivity contribution in [3.8, 4) is 23.0 Å². The minimum atomic E-state index is -0.113. The maximum absolute atomic E-state index is 7.49. The summed E-state index contributed by atoms with van der Waals surface area (Å²) in [6.45, 7) is 4.79. The van der Waals surface area contributed by atoms with Crippen molar-refractivity contribution in [1.82, 2.24) is 0 Å². The summed E-state index contributed by atoms with van der Waals surface area (Å²) in [5.41, 5.74) is 5.16. The second kappa shape index (κ2) is 15.0. The van der Waals surface area contributed by atoms with Crippen LogP contribution >= 0.6 is 0 Å². The van der Waals surface area contributed by atoms with Gasteiger partial charge in [0.15, 0.2) is 0 Å². The molecule has 0 heterocycles. The van der Waals surface area contributed by atoms with Crippen molar-refractivity contribution in [3.05, 3.63) is 192 Å². The number of benzene rings is 6. The standard InChI is InChI=1S/C48H46O3/c1-33-43(47(33)35-17-7-3-8-18-35)31-45(37-21-15-27-41(29-37)49-39-23-11-5-12-24-39)51-46(32-44-34(2)48(44)36-19-9-4-10-20-36)38-22-16-28-42(30-38)50-40-25-13-6-14-26-40/h3-30,33-34,43-48H,31-32H2,1-2H3. The lowest BCUT2D eigenvalue weighted by Gasteiger charge is -2.27. The topological polar surface area (TPSA) is 27.7 Å². The summed E-state index contributed by atoms with van der Waals surface area (Å²) in [6, 6.07) is 59.1. The first-order valence-electron chi connectivity index (χ1n) is 18.5. The molecule has 0 saturated heterocycles. The molecule has 0 radical (unpaired) electrons. The van der Waals surface area contributed by atoms with Gasteiger partial charge in [-0.1, -0.05) is 135 Å². The Morgan fingerprint density at radius 1 is 0.412 bits per heavy atom. The molecule has 6 aromatic rings. The molecule has 2 aliphatic carbocycles. The molecule has 0 amide bonds. The van der Waals surface area contributed by atoms with Gasteiger partial charge in [0.25, 0.3) is 0 Å². The molecule has 0 spiro atoms. The number of hydrogen-bond acceptors (Lipinski definition) is 3. The Morgan fingerprint density at radius 3 is 1.16 bits per heavy atom. The third kappa shape index (κ3) is 7.80. The summed E-state index contributed by atoms with van der Waals surface area (Å²) in [4.78, 5) is 0. The zero-order valence-corrected chi connectivity index (χ0v) is 29.4. The van der Waals surface area contributed by atoms with Crippen LogP contribution in [0.25, 0.3) is 0 Å². The van der Waals surface area contributed by atoms with Crippen LogP contribution in [0.3, 0.4) is 0 Å². The third-order valence-corrected chi connectivity index (χ3v) is 11.2. The molecule has 6 aromatic carbocycles. The van der Waals surface area contributed by atoms with E-state index in [9.17, 15) is 0 Å². The van der Waals surface area contributed by atoms with Crippen LogP contribution in [0.15, 0.2) is 170 Å². The fourth-order valence-corrected chi connectivity index (χ4v) is 8.30. The van der Waals surface area contributed by atoms with Gasteiger partial charge in [0.2, 0.25) is 0 Å². The molecule has 0 aliphatic heterocycles. The first-order chi connectivity index (χ1) is 25.1. The Morgan fingerprint density at radius 2 is 0.765 bits per heavy atom. The minimum absolute atomic E-state index is 0.113. The molecule has 3 heteroatoms. The molecule has 8 atom stereocenters. The number of hydrogen-bond donors (Lipinski definition) is 0. The molecule has 0 bridgehead atoms. The van der Waals surface area contributed by atoms with Gasteiger partial charge >= 0.3 is 0 Å². The molecular formula is C48H46O3. The first-order valence-corrected chi connectivity index (χ1v) is 18.5. The van der Waals surface area contributed by atoms with Crippen LogP contribution in [-0.4, -0.2) is 0 Å². The van der Waals surface area contributed by atoms with Gasteiger partial charge in [-0.25, -0.2) is 0 Å². The van der Waals surface area contributed by atoms with Gasteiger partial charge in [0, 0.05) is 0 Å². The van der Waals surface area contributed by atoms with Crippen LogP contribution in [-0.2, 0) is 4.74 Å². The van der Waals surface area contributed by atoms with Crippen LogP contribution in [0.4, 0.5) is 0 Å². The number of rotatable bonds is 14. The SMILES string of the molecule is CC1C(CC(OC(CC2C(C)C2c2ccccc2)c2cccc(Oc3ccccc3)c2)c2cccc(Oc3ccccc3)c2)C1c1ccccc1. The van der Waals surface area contributed by atoms with Gasteiger partial charge in [0.05, 0.1) is 12.2 Å². The van der Waals surface area contributed by atoms with Gasteiger partial charge in [0.1, 0.15) is 23.0 Å². The molecule has 2 aliphatic rings. The van der Waals surface area contributed by atoms with E-state index in [0.717, 1.165) is 47.0 Å². The van der Waals surface area contributed by atoms with Gasteiger partial charge < -0.3 is 14.2 Å². The Labute approximate surface area is 302 Å². The highest BCUT2D eigenvalue weighted by atomic mass is 16.5. The average Bonchev–Trinajstić information content (AvgIpc) is 4.04. The maximum atomic E-state index is 7.49. The van der Waals surface area contributed by atoms with Gasteiger partial charge in [-0.2, -0.15) is 0 Å². The molecule has 8 unspecified atom stereocenters. The van der Waals surface area contributed by atoms with Crippen LogP contribution in [0.1, 0.15) is 73.0 Å². The molecule has 256 valence electrons. The maximum Gasteiger partial charge on any atom is 0.127 e. The molecule has 51 heavy (non-hydrogen) atoms. The Bertz CT molecular complexity index is 1850. The van der Waals surface area contributed by atoms with E-state index in [2.05, 4.69) is 111 Å². The first kappa shape index (κ1) is 33.0. The third-order valence-electron chi connectivity index (χ3n) is 11.2. The summed E-state index contributed by atoms with van der Waals surface area (Å²) >= 11 is 0. The zero-order chi connectivity index (χ0) is 34.6. The lowest BCUT2D eigenvalue weighted by molar-refractivity contribution is -0.0310. The molecule has 0 aromatic heterocycles. The summed E-state index contributed by atoms with van der Waals surface area (Å²) in [7, 11) is 0. The van der Waals surface area contributed by atoms with E-state index in [1.54, 1.807) is 0 Å². The largest absolute Gasteiger partial charge is 0.457 e. The summed E-state index contributed by atoms with van der Waals surface area (Å²) in [5.74, 6) is 6.62. The summed E-state index contributed by atoms with van der Waals surface area (Å²) in [6.07, 6.45) is 1.65. The average molecular weight is 671 g/mol. The van der Waals surface area contributed by atoms with Crippen LogP contribution in [0.2, 0.25) is 0 Å². The fraction of sp³-hybridized carbons (Fsp3) is 0.250. The number of ether oxygens (including phenoxy) is 3. The van der Waals surface area contributed by atoms with Crippen molar-refractivity contribution < 1.29 is 14.2 Å². The van der Waals surface area contributed by atoms with E-state index in [-0.39, 0.29) is 12.2 Å². The van der Waals surface area contributed by atoms with E-state index in [4.69, 9.17) is 14.2 Å². The lowest BCUT2D eigenvalue weighted by Crippen LogP contribution is -2.13. The van der Waals surface area contributed by atoms with Crippen LogP contribution < -0.4 is 9.47 Å². The molecule has 2 fully saturated rings. The van der Waals surface area contributed by atoms with Crippen molar-refractivity contribution in [2.24, 2.45) is 23.7 Å². The Hall–Kier alpha value is -5.12. The van der Waals surface area contributed by atoms with E-state index >= 15 is 0 Å². The van der Waals surface area contributed by atoms with Crippen molar-refractivity contribution in [1.29, 1.82) is 0 Å². The minimum Gasteiger partial charge on any atom is -0.457 e. The molecule has 0 N–H and O–H groups in total. The smallest absolute Gasteiger partial charge is 0.127 e. The second-order valence-electron chi connectivity index (χ2n) is 14.5. The van der Waals surface area contributed by atoms with Crippen molar-refractivity contribution >= 4 is 0 Å². The number of para-hydroxylation sites is 2. The van der Waals surface area contributed by atoms with Gasteiger partial charge in [-0.05, 0) is 119 Å². The van der Waals surface area contributed by atoms with Gasteiger partial charge in [-0.15, -0.1) is 0 Å². The molecular weight excluding hydrogens is 625 g/mol.